The molecule has 0 fully saturated rings. The number of fused-ring (bicyclic) bond motifs is 1. The number of hydrogen-bond donors (Lipinski definition) is 1. The monoisotopic (exact) mass is 300 g/mol. The van der Waals surface area contributed by atoms with Crippen LogP contribution < -0.4 is 14.8 Å². The molecule has 2 aromatic rings. The van der Waals surface area contributed by atoms with Gasteiger partial charge in [0.05, 0.1) is 6.20 Å². The number of benzene rings is 1. The molecule has 0 bridgehead atoms. The predicted molar refractivity (Wildman–Crippen MR) is 62.0 cm³/mol. The third-order valence-electron chi connectivity index (χ3n) is 2.70. The number of nitrogens with zero attached hydrogens (tertiary/aromatic N) is 1. The summed E-state index contributed by atoms with van der Waals surface area (Å²) in [7, 11) is 0. The van der Waals surface area contributed by atoms with Gasteiger partial charge in [-0.05, 0) is 12.1 Å². The molecule has 0 aliphatic carbocycles. The number of nitrogens with one attached hydrogen (secondary N) is 1. The Morgan fingerprint density at radius 1 is 1.24 bits per heavy atom. The minimum absolute atomic E-state index is 0.0522. The van der Waals surface area contributed by atoms with Gasteiger partial charge in [-0.1, -0.05) is 5.16 Å². The van der Waals surface area contributed by atoms with E-state index in [0.29, 0.717) is 17.7 Å². The Labute approximate surface area is 115 Å². The lowest BCUT2D eigenvalue weighted by atomic mass is 10.2. The van der Waals surface area contributed by atoms with Crippen LogP contribution in [0.2, 0.25) is 0 Å². The van der Waals surface area contributed by atoms with Gasteiger partial charge in [-0.15, -0.1) is 0 Å². The number of rotatable bonds is 2. The second-order valence-electron chi connectivity index (χ2n) is 4.09. The van der Waals surface area contributed by atoms with Crippen molar-refractivity contribution in [1.29, 1.82) is 0 Å². The van der Waals surface area contributed by atoms with Crippen LogP contribution in [0.1, 0.15) is 16.1 Å². The zero-order valence-corrected chi connectivity index (χ0v) is 10.2. The van der Waals surface area contributed by atoms with Crippen LogP contribution in [-0.4, -0.2) is 17.9 Å². The van der Waals surface area contributed by atoms with Gasteiger partial charge in [0, 0.05) is 11.8 Å². The summed E-state index contributed by atoms with van der Waals surface area (Å²) < 4.78 is 52.1. The van der Waals surface area contributed by atoms with E-state index >= 15 is 0 Å². The van der Waals surface area contributed by atoms with Gasteiger partial charge in [-0.3, -0.25) is 4.79 Å². The van der Waals surface area contributed by atoms with Crippen molar-refractivity contribution in [1.82, 2.24) is 5.16 Å². The molecule has 1 N–H and O–H groups in total. The van der Waals surface area contributed by atoms with Gasteiger partial charge in [-0.25, -0.2) is 0 Å². The number of hydrogen-bond acceptors (Lipinski definition) is 5. The number of halogens is 3. The predicted octanol–water partition coefficient (Wildman–Crippen LogP) is 2.67. The van der Waals surface area contributed by atoms with Crippen LogP contribution in [0.5, 0.6) is 11.5 Å². The molecule has 110 valence electrons. The summed E-state index contributed by atoms with van der Waals surface area (Å²) in [5, 5.41) is 5.32. The standard InChI is InChI=1S/C12H7F3N2O4/c13-12(14,15)10-7(4-16-21-10)11(18)17-6-1-2-8-9(3-6)20-5-19-8/h1-4H,5H2,(H,17,18). The van der Waals surface area contributed by atoms with Crippen molar-refractivity contribution in [3.63, 3.8) is 0 Å². The molecule has 1 aromatic heterocycles. The number of anilines is 1. The molecule has 0 atom stereocenters. The third kappa shape index (κ3) is 2.49. The molecule has 0 saturated heterocycles. The Bertz CT molecular complexity index is 696. The highest BCUT2D eigenvalue weighted by Crippen LogP contribution is 2.35. The fourth-order valence-corrected chi connectivity index (χ4v) is 1.78. The Kier molecular flexibility index (Phi) is 2.96. The fourth-order valence-electron chi connectivity index (χ4n) is 1.78. The Morgan fingerprint density at radius 3 is 2.76 bits per heavy atom. The van der Waals surface area contributed by atoms with Crippen LogP contribution in [0.25, 0.3) is 0 Å². The van der Waals surface area contributed by atoms with E-state index in [1.54, 1.807) is 0 Å². The zero-order valence-electron chi connectivity index (χ0n) is 10.2. The van der Waals surface area contributed by atoms with E-state index in [4.69, 9.17) is 9.47 Å². The SMILES string of the molecule is O=C(Nc1ccc2c(c1)OCO2)c1cnoc1C(F)(F)F. The smallest absolute Gasteiger partial charge is 0.453 e. The van der Waals surface area contributed by atoms with Crippen molar-refractivity contribution in [2.24, 2.45) is 0 Å². The van der Waals surface area contributed by atoms with E-state index in [1.807, 2.05) is 0 Å². The van der Waals surface area contributed by atoms with Crippen molar-refractivity contribution >= 4 is 11.6 Å². The molecular weight excluding hydrogens is 293 g/mol. The summed E-state index contributed by atoms with van der Waals surface area (Å²) in [5.41, 5.74) is -0.432. The largest absolute Gasteiger partial charge is 0.454 e. The maximum atomic E-state index is 12.6. The van der Waals surface area contributed by atoms with Crippen LogP contribution in [0.3, 0.4) is 0 Å². The van der Waals surface area contributed by atoms with Crippen LogP contribution in [0.4, 0.5) is 18.9 Å². The van der Waals surface area contributed by atoms with Crippen molar-refractivity contribution < 1.29 is 32.0 Å². The quantitative estimate of drug-likeness (QED) is 0.923. The molecule has 3 rings (SSSR count). The van der Waals surface area contributed by atoms with E-state index in [9.17, 15) is 18.0 Å². The summed E-state index contributed by atoms with van der Waals surface area (Å²) in [4.78, 5) is 11.9. The molecule has 21 heavy (non-hydrogen) atoms. The maximum absolute atomic E-state index is 12.6. The first-order chi connectivity index (χ1) is 9.95. The summed E-state index contributed by atoms with van der Waals surface area (Å²) in [6.07, 6.45) is -4.08. The number of carbonyl (C=O) groups excluding carboxylic acids is 1. The Balaban J connectivity index is 1.83. The van der Waals surface area contributed by atoms with Crippen molar-refractivity contribution in [3.8, 4) is 11.5 Å². The van der Waals surface area contributed by atoms with E-state index in [-0.39, 0.29) is 12.5 Å². The minimum Gasteiger partial charge on any atom is -0.454 e. The van der Waals surface area contributed by atoms with Gasteiger partial charge in [0.15, 0.2) is 11.5 Å². The topological polar surface area (TPSA) is 73.6 Å². The molecule has 1 aliphatic rings. The second kappa shape index (κ2) is 4.69. The van der Waals surface area contributed by atoms with Gasteiger partial charge in [0.25, 0.3) is 11.7 Å². The summed E-state index contributed by atoms with van der Waals surface area (Å²) >= 11 is 0. The van der Waals surface area contributed by atoms with E-state index in [0.717, 1.165) is 0 Å². The lowest BCUT2D eigenvalue weighted by Crippen LogP contribution is -2.16. The highest BCUT2D eigenvalue weighted by molar-refractivity contribution is 6.05. The molecule has 0 saturated carbocycles. The summed E-state index contributed by atoms with van der Waals surface area (Å²) in [5.74, 6) is -1.54. The normalized spacial score (nSPS) is 13.3. The first-order valence-corrected chi connectivity index (χ1v) is 5.68. The first kappa shape index (κ1) is 13.3. The molecular formula is C12H7F3N2O4. The molecule has 1 aliphatic heterocycles. The van der Waals surface area contributed by atoms with Gasteiger partial charge < -0.3 is 19.3 Å². The lowest BCUT2D eigenvalue weighted by Gasteiger charge is -2.07. The molecule has 6 nitrogen and oxygen atoms in total. The van der Waals surface area contributed by atoms with Crippen molar-refractivity contribution in [2.75, 3.05) is 12.1 Å². The summed E-state index contributed by atoms with van der Waals surface area (Å²) in [6, 6.07) is 4.46. The first-order valence-electron chi connectivity index (χ1n) is 5.68. The highest BCUT2D eigenvalue weighted by atomic mass is 19.4. The summed E-state index contributed by atoms with van der Waals surface area (Å²) in [6.45, 7) is 0.0522. The zero-order chi connectivity index (χ0) is 15.0. The lowest BCUT2D eigenvalue weighted by molar-refractivity contribution is -0.155. The van der Waals surface area contributed by atoms with E-state index in [1.165, 1.54) is 18.2 Å². The molecule has 2 heterocycles. The van der Waals surface area contributed by atoms with Crippen molar-refractivity contribution in [2.45, 2.75) is 6.18 Å². The number of ether oxygens (including phenoxy) is 2. The van der Waals surface area contributed by atoms with Crippen LogP contribution in [0.15, 0.2) is 28.9 Å². The molecule has 0 spiro atoms. The molecule has 1 amide bonds. The fraction of sp³-hybridized carbons (Fsp3) is 0.167. The van der Waals surface area contributed by atoms with Crippen molar-refractivity contribution in [3.05, 3.63) is 35.7 Å². The van der Waals surface area contributed by atoms with E-state index < -0.39 is 23.4 Å². The molecule has 9 heteroatoms. The van der Waals surface area contributed by atoms with Gasteiger partial charge >= 0.3 is 6.18 Å². The Hall–Kier alpha value is -2.71. The minimum atomic E-state index is -4.79. The molecule has 0 radical (unpaired) electrons. The Morgan fingerprint density at radius 2 is 2.00 bits per heavy atom. The maximum Gasteiger partial charge on any atom is 0.453 e. The van der Waals surface area contributed by atoms with Gasteiger partial charge in [0.1, 0.15) is 5.56 Å². The van der Waals surface area contributed by atoms with Crippen LogP contribution in [-0.2, 0) is 6.18 Å². The van der Waals surface area contributed by atoms with Gasteiger partial charge in [0.2, 0.25) is 6.79 Å². The highest BCUT2D eigenvalue weighted by Gasteiger charge is 2.40. The second-order valence-corrected chi connectivity index (χ2v) is 4.09. The third-order valence-corrected chi connectivity index (χ3v) is 2.70. The number of alkyl halides is 3. The number of carbonyl (C=O) groups is 1. The average Bonchev–Trinajstić information content (AvgIpc) is 3.06. The number of aromatic nitrogens is 1. The number of amides is 1. The van der Waals surface area contributed by atoms with Crippen LogP contribution >= 0.6 is 0 Å². The van der Waals surface area contributed by atoms with E-state index in [2.05, 4.69) is 15.0 Å². The molecule has 1 aromatic carbocycles. The van der Waals surface area contributed by atoms with Gasteiger partial charge in [-0.2, -0.15) is 13.2 Å². The molecule has 0 unspecified atom stereocenters. The average molecular weight is 300 g/mol. The van der Waals surface area contributed by atoms with Crippen LogP contribution in [0, 0.1) is 0 Å².